The maximum atomic E-state index is 11.7. The van der Waals surface area contributed by atoms with Gasteiger partial charge in [-0.3, -0.25) is 4.79 Å². The number of hydrogen-bond donors (Lipinski definition) is 1. The number of aromatic nitrogens is 4. The Kier molecular flexibility index (Phi) is 3.21. The molecule has 3 aliphatic rings. The SMILES string of the molecule is O=C(NCC1CN(c2ccc3nnc(C4CCC4)n3n2)C1)C1CC1. The zero-order valence-electron chi connectivity index (χ0n) is 13.7. The fraction of sp³-hybridized carbons (Fsp3) is 0.647. The Morgan fingerprint density at radius 2 is 2.00 bits per heavy atom. The van der Waals surface area contributed by atoms with Crippen LogP contribution in [0.25, 0.3) is 5.65 Å². The Labute approximate surface area is 140 Å². The molecule has 5 rings (SSSR count). The van der Waals surface area contributed by atoms with Crippen molar-refractivity contribution in [3.63, 3.8) is 0 Å². The molecule has 0 bridgehead atoms. The minimum absolute atomic E-state index is 0.239. The van der Waals surface area contributed by atoms with Gasteiger partial charge >= 0.3 is 0 Å². The molecule has 1 N–H and O–H groups in total. The van der Waals surface area contributed by atoms with Crippen molar-refractivity contribution in [3.8, 4) is 0 Å². The number of nitrogens with one attached hydrogen (secondary N) is 1. The van der Waals surface area contributed by atoms with E-state index in [0.29, 0.717) is 17.8 Å². The van der Waals surface area contributed by atoms with E-state index in [1.165, 1.54) is 19.3 Å². The highest BCUT2D eigenvalue weighted by atomic mass is 16.2. The van der Waals surface area contributed by atoms with Crippen LogP contribution < -0.4 is 10.2 Å². The van der Waals surface area contributed by atoms with E-state index in [1.807, 2.05) is 16.6 Å². The van der Waals surface area contributed by atoms with Crippen LogP contribution in [0.5, 0.6) is 0 Å². The second-order valence-electron chi connectivity index (χ2n) is 7.44. The van der Waals surface area contributed by atoms with Crippen molar-refractivity contribution < 1.29 is 4.79 Å². The number of amides is 1. The normalized spacial score (nSPS) is 21.6. The summed E-state index contributed by atoms with van der Waals surface area (Å²) in [4.78, 5) is 14.0. The fourth-order valence-electron chi connectivity index (χ4n) is 3.51. The molecular weight excluding hydrogens is 304 g/mol. The third-order valence-electron chi connectivity index (χ3n) is 5.54. The van der Waals surface area contributed by atoms with E-state index in [9.17, 15) is 4.79 Å². The van der Waals surface area contributed by atoms with Crippen LogP contribution in [0.15, 0.2) is 12.1 Å². The molecule has 2 aromatic heterocycles. The van der Waals surface area contributed by atoms with Gasteiger partial charge in [0.2, 0.25) is 5.91 Å². The molecule has 0 radical (unpaired) electrons. The Bertz CT molecular complexity index is 772. The first-order chi connectivity index (χ1) is 11.8. The third kappa shape index (κ3) is 2.42. The molecule has 24 heavy (non-hydrogen) atoms. The highest BCUT2D eigenvalue weighted by Crippen LogP contribution is 2.35. The Balaban J connectivity index is 1.23. The zero-order valence-corrected chi connectivity index (χ0v) is 13.7. The van der Waals surface area contributed by atoms with E-state index in [2.05, 4.69) is 20.4 Å². The van der Waals surface area contributed by atoms with Gasteiger partial charge in [-0.1, -0.05) is 6.42 Å². The Morgan fingerprint density at radius 1 is 1.17 bits per heavy atom. The van der Waals surface area contributed by atoms with Crippen LogP contribution in [-0.2, 0) is 4.79 Å². The summed E-state index contributed by atoms with van der Waals surface area (Å²) in [6.07, 6.45) is 5.79. The molecule has 0 unspecified atom stereocenters. The van der Waals surface area contributed by atoms with Gasteiger partial charge in [-0.05, 0) is 37.8 Å². The molecule has 0 aromatic carbocycles. The second-order valence-corrected chi connectivity index (χ2v) is 7.44. The van der Waals surface area contributed by atoms with Gasteiger partial charge in [0.15, 0.2) is 11.5 Å². The summed E-state index contributed by atoms with van der Waals surface area (Å²) in [5, 5.41) is 16.4. The van der Waals surface area contributed by atoms with Crippen LogP contribution in [0.1, 0.15) is 43.8 Å². The molecule has 0 atom stereocenters. The predicted octanol–water partition coefficient (Wildman–Crippen LogP) is 1.35. The van der Waals surface area contributed by atoms with Crippen molar-refractivity contribution >= 4 is 17.4 Å². The third-order valence-corrected chi connectivity index (χ3v) is 5.54. The Morgan fingerprint density at radius 3 is 2.71 bits per heavy atom. The number of nitrogens with zero attached hydrogens (tertiary/aromatic N) is 5. The number of carbonyl (C=O) groups is 1. The fourth-order valence-corrected chi connectivity index (χ4v) is 3.51. The average molecular weight is 326 g/mol. The van der Waals surface area contributed by atoms with Crippen LogP contribution in [0.4, 0.5) is 5.82 Å². The summed E-state index contributed by atoms with van der Waals surface area (Å²) in [6, 6.07) is 4.02. The van der Waals surface area contributed by atoms with Gasteiger partial charge in [0, 0.05) is 37.4 Å². The molecular formula is C17H22N6O. The standard InChI is InChI=1S/C17H22N6O/c24-17(13-4-5-13)18-8-11-9-22(10-11)15-7-6-14-19-20-16(23(14)21-15)12-2-1-3-12/h6-7,11-13H,1-5,8-10H2,(H,18,24). The van der Waals surface area contributed by atoms with Gasteiger partial charge in [0.05, 0.1) is 0 Å². The van der Waals surface area contributed by atoms with Crippen molar-refractivity contribution in [2.45, 2.75) is 38.0 Å². The lowest BCUT2D eigenvalue weighted by molar-refractivity contribution is -0.122. The van der Waals surface area contributed by atoms with E-state index in [0.717, 1.165) is 49.8 Å². The van der Waals surface area contributed by atoms with E-state index in [-0.39, 0.29) is 5.91 Å². The summed E-state index contributed by atoms with van der Waals surface area (Å²) < 4.78 is 1.92. The minimum atomic E-state index is 0.239. The van der Waals surface area contributed by atoms with Crippen molar-refractivity contribution in [1.82, 2.24) is 25.1 Å². The number of rotatable bonds is 5. The summed E-state index contributed by atoms with van der Waals surface area (Å²) in [6.45, 7) is 2.68. The number of carbonyl (C=O) groups excluding carboxylic acids is 1. The summed E-state index contributed by atoms with van der Waals surface area (Å²) >= 11 is 0. The van der Waals surface area contributed by atoms with Crippen LogP contribution >= 0.6 is 0 Å². The van der Waals surface area contributed by atoms with Gasteiger partial charge < -0.3 is 10.2 Å². The molecule has 7 heteroatoms. The maximum absolute atomic E-state index is 11.7. The molecule has 3 fully saturated rings. The highest BCUT2D eigenvalue weighted by Gasteiger charge is 2.33. The van der Waals surface area contributed by atoms with Gasteiger partial charge in [0.25, 0.3) is 0 Å². The molecule has 1 amide bonds. The van der Waals surface area contributed by atoms with Crippen LogP contribution in [0.2, 0.25) is 0 Å². The summed E-state index contributed by atoms with van der Waals surface area (Å²) in [7, 11) is 0. The highest BCUT2D eigenvalue weighted by molar-refractivity contribution is 5.80. The quantitative estimate of drug-likeness (QED) is 0.898. The molecule has 2 aromatic rings. The molecule has 0 spiro atoms. The van der Waals surface area contributed by atoms with Crippen LogP contribution in [0.3, 0.4) is 0 Å². The number of hydrogen-bond acceptors (Lipinski definition) is 5. The lowest BCUT2D eigenvalue weighted by atomic mass is 9.85. The number of fused-ring (bicyclic) bond motifs is 1. The topological polar surface area (TPSA) is 75.4 Å². The monoisotopic (exact) mass is 326 g/mol. The van der Waals surface area contributed by atoms with E-state index in [1.54, 1.807) is 0 Å². The van der Waals surface area contributed by atoms with E-state index < -0.39 is 0 Å². The zero-order chi connectivity index (χ0) is 16.1. The van der Waals surface area contributed by atoms with Crippen molar-refractivity contribution in [2.75, 3.05) is 24.5 Å². The van der Waals surface area contributed by atoms with Gasteiger partial charge in [-0.2, -0.15) is 4.52 Å². The molecule has 7 nitrogen and oxygen atoms in total. The van der Waals surface area contributed by atoms with Crippen molar-refractivity contribution in [3.05, 3.63) is 18.0 Å². The van der Waals surface area contributed by atoms with Crippen LogP contribution in [-0.4, -0.2) is 45.4 Å². The van der Waals surface area contributed by atoms with Gasteiger partial charge in [-0.15, -0.1) is 15.3 Å². The lowest BCUT2D eigenvalue weighted by Gasteiger charge is -2.40. The van der Waals surface area contributed by atoms with Gasteiger partial charge in [-0.25, -0.2) is 0 Å². The molecule has 2 aliphatic carbocycles. The lowest BCUT2D eigenvalue weighted by Crippen LogP contribution is -2.52. The average Bonchev–Trinajstić information content (AvgIpc) is 3.27. The molecule has 1 aliphatic heterocycles. The van der Waals surface area contributed by atoms with Crippen molar-refractivity contribution in [1.29, 1.82) is 0 Å². The smallest absolute Gasteiger partial charge is 0.223 e. The second kappa shape index (κ2) is 5.43. The minimum Gasteiger partial charge on any atom is -0.355 e. The largest absolute Gasteiger partial charge is 0.355 e. The van der Waals surface area contributed by atoms with Gasteiger partial charge in [0.1, 0.15) is 5.82 Å². The maximum Gasteiger partial charge on any atom is 0.223 e. The molecule has 126 valence electrons. The first kappa shape index (κ1) is 14.2. The molecule has 1 saturated heterocycles. The Hall–Kier alpha value is -2.18. The first-order valence-corrected chi connectivity index (χ1v) is 9.03. The summed E-state index contributed by atoms with van der Waals surface area (Å²) in [5.41, 5.74) is 0.828. The van der Waals surface area contributed by atoms with Crippen molar-refractivity contribution in [2.24, 2.45) is 11.8 Å². The van der Waals surface area contributed by atoms with E-state index >= 15 is 0 Å². The molecule has 2 saturated carbocycles. The summed E-state index contributed by atoms with van der Waals surface area (Å²) in [5.74, 6) is 3.56. The van der Waals surface area contributed by atoms with Crippen LogP contribution in [0, 0.1) is 11.8 Å². The molecule has 3 heterocycles. The number of anilines is 1. The van der Waals surface area contributed by atoms with E-state index in [4.69, 9.17) is 5.10 Å². The predicted molar refractivity (Wildman–Crippen MR) is 88.8 cm³/mol. The first-order valence-electron chi connectivity index (χ1n) is 9.03.